The first-order valence-corrected chi connectivity index (χ1v) is 9.48. The number of nitrogens with two attached hydrogens (primary N) is 1. The first-order valence-electron chi connectivity index (χ1n) is 9.48. The monoisotopic (exact) mass is 361 g/mol. The number of fused-ring (bicyclic) bond motifs is 3. The number of aryl methyl sites for hydroxylation is 1. The molecule has 0 atom stereocenters. The molecule has 0 saturated carbocycles. The quantitative estimate of drug-likeness (QED) is 0.243. The van der Waals surface area contributed by atoms with E-state index < -0.39 is 0 Å². The van der Waals surface area contributed by atoms with Gasteiger partial charge in [0, 0.05) is 22.7 Å². The summed E-state index contributed by atoms with van der Waals surface area (Å²) in [5, 5.41) is 3.64. The third kappa shape index (κ3) is 2.62. The summed E-state index contributed by atoms with van der Waals surface area (Å²) in [6.07, 6.45) is 0. The molecule has 5 rings (SSSR count). The normalized spacial score (nSPS) is 11.2. The van der Waals surface area contributed by atoms with Gasteiger partial charge in [-0.25, -0.2) is 0 Å². The van der Waals surface area contributed by atoms with Gasteiger partial charge in [-0.3, -0.25) is 0 Å². The van der Waals surface area contributed by atoms with Crippen LogP contribution in [0, 0.1) is 0 Å². The lowest BCUT2D eigenvalue weighted by atomic mass is 9.96. The number of nitrogens with zero attached hydrogens (tertiary/aromatic N) is 1. The Bertz CT molecular complexity index is 1320. The van der Waals surface area contributed by atoms with E-state index in [9.17, 15) is 0 Å². The number of nitrogen functional groups attached to an aromatic ring is 1. The molecule has 28 heavy (non-hydrogen) atoms. The van der Waals surface area contributed by atoms with Gasteiger partial charge in [-0.05, 0) is 41.5 Å². The van der Waals surface area contributed by atoms with Crippen molar-refractivity contribution in [3.8, 4) is 22.4 Å². The molecule has 0 unspecified atom stereocenters. The Hall–Kier alpha value is -3.65. The van der Waals surface area contributed by atoms with Gasteiger partial charge in [-0.2, -0.15) is 4.57 Å². The molecule has 1 heterocycles. The molecule has 0 aliphatic carbocycles. The third-order valence-corrected chi connectivity index (χ3v) is 5.43. The average Bonchev–Trinajstić information content (AvgIpc) is 2.75. The number of hydrogen-bond acceptors (Lipinski definition) is 1. The van der Waals surface area contributed by atoms with Crippen molar-refractivity contribution in [1.82, 2.24) is 0 Å². The van der Waals surface area contributed by atoms with Crippen LogP contribution in [0.4, 0.5) is 5.69 Å². The molecule has 4 aromatic carbocycles. The number of para-hydroxylation sites is 1. The topological polar surface area (TPSA) is 29.9 Å². The van der Waals surface area contributed by atoms with Crippen molar-refractivity contribution in [2.45, 2.75) is 0 Å². The highest BCUT2D eigenvalue weighted by Gasteiger charge is 2.20. The summed E-state index contributed by atoms with van der Waals surface area (Å²) in [4.78, 5) is 0. The molecule has 0 radical (unpaired) electrons. The van der Waals surface area contributed by atoms with Crippen LogP contribution >= 0.6 is 0 Å². The molecule has 0 saturated heterocycles. The number of aromatic nitrogens is 1. The molecular formula is C26H21N2+. The number of anilines is 1. The minimum Gasteiger partial charge on any atom is -0.399 e. The fourth-order valence-corrected chi connectivity index (χ4v) is 4.11. The van der Waals surface area contributed by atoms with Gasteiger partial charge in [0.05, 0.1) is 10.8 Å². The molecular weight excluding hydrogens is 340 g/mol. The van der Waals surface area contributed by atoms with Gasteiger partial charge in [-0.15, -0.1) is 0 Å². The first-order chi connectivity index (χ1) is 13.7. The summed E-state index contributed by atoms with van der Waals surface area (Å²) < 4.78 is 2.28. The van der Waals surface area contributed by atoms with Crippen molar-refractivity contribution in [2.75, 3.05) is 5.73 Å². The predicted octanol–water partition coefficient (Wildman–Crippen LogP) is 5.73. The lowest BCUT2D eigenvalue weighted by molar-refractivity contribution is -0.632. The van der Waals surface area contributed by atoms with Crippen LogP contribution in [0.5, 0.6) is 0 Å². The van der Waals surface area contributed by atoms with Gasteiger partial charge in [-0.1, -0.05) is 60.7 Å². The summed E-state index contributed by atoms with van der Waals surface area (Å²) in [5.74, 6) is 0. The lowest BCUT2D eigenvalue weighted by Gasteiger charge is -2.11. The smallest absolute Gasteiger partial charge is 0.220 e. The first kappa shape index (κ1) is 16.5. The van der Waals surface area contributed by atoms with Gasteiger partial charge in [0.1, 0.15) is 7.05 Å². The maximum absolute atomic E-state index is 6.18. The molecule has 2 heteroatoms. The number of hydrogen-bond donors (Lipinski definition) is 1. The van der Waals surface area contributed by atoms with Crippen LogP contribution < -0.4 is 10.3 Å². The Labute approximate surface area is 164 Å². The van der Waals surface area contributed by atoms with Gasteiger partial charge in [0.15, 0.2) is 0 Å². The Morgan fingerprint density at radius 1 is 0.571 bits per heavy atom. The van der Waals surface area contributed by atoms with Gasteiger partial charge >= 0.3 is 0 Å². The van der Waals surface area contributed by atoms with Crippen LogP contribution in [0.25, 0.3) is 44.1 Å². The van der Waals surface area contributed by atoms with E-state index in [2.05, 4.69) is 96.5 Å². The minimum atomic E-state index is 0.781. The summed E-state index contributed by atoms with van der Waals surface area (Å²) in [5.41, 5.74) is 13.0. The van der Waals surface area contributed by atoms with Crippen LogP contribution in [0.3, 0.4) is 0 Å². The lowest BCUT2D eigenvalue weighted by Crippen LogP contribution is -2.32. The molecule has 0 spiro atoms. The van der Waals surface area contributed by atoms with Crippen molar-refractivity contribution in [3.05, 3.63) is 97.1 Å². The highest BCUT2D eigenvalue weighted by molar-refractivity contribution is 6.09. The van der Waals surface area contributed by atoms with E-state index in [0.29, 0.717) is 0 Å². The Morgan fingerprint density at radius 3 is 2.14 bits per heavy atom. The van der Waals surface area contributed by atoms with Crippen molar-refractivity contribution >= 4 is 27.4 Å². The maximum Gasteiger partial charge on any atom is 0.220 e. The largest absolute Gasteiger partial charge is 0.399 e. The van der Waals surface area contributed by atoms with E-state index in [-0.39, 0.29) is 0 Å². The fraction of sp³-hybridized carbons (Fsp3) is 0.0385. The van der Waals surface area contributed by atoms with Crippen molar-refractivity contribution in [3.63, 3.8) is 0 Å². The zero-order valence-electron chi connectivity index (χ0n) is 15.8. The molecule has 2 N–H and O–H groups in total. The Balaban J connectivity index is 1.86. The molecule has 1 aromatic heterocycles. The van der Waals surface area contributed by atoms with Crippen molar-refractivity contribution in [2.24, 2.45) is 7.05 Å². The van der Waals surface area contributed by atoms with E-state index in [0.717, 1.165) is 5.69 Å². The van der Waals surface area contributed by atoms with Crippen LogP contribution in [-0.4, -0.2) is 0 Å². The summed E-state index contributed by atoms with van der Waals surface area (Å²) in [6.45, 7) is 0. The maximum atomic E-state index is 6.18. The molecule has 0 aliphatic rings. The zero-order valence-corrected chi connectivity index (χ0v) is 15.8. The Morgan fingerprint density at radius 2 is 1.29 bits per heavy atom. The van der Waals surface area contributed by atoms with Crippen LogP contribution in [0.1, 0.15) is 0 Å². The minimum absolute atomic E-state index is 0.781. The molecule has 0 aliphatic heterocycles. The number of benzene rings is 4. The predicted molar refractivity (Wildman–Crippen MR) is 118 cm³/mol. The fourth-order valence-electron chi connectivity index (χ4n) is 4.11. The second kappa shape index (κ2) is 6.50. The standard InChI is InChI=1S/C26H21N2/c1-28-25-13-6-5-12-23(25)22-15-14-21(27)17-24(22)26(28)20-11-7-10-19(16-20)18-8-3-2-4-9-18/h2-17H,27H2,1H3/q+1. The summed E-state index contributed by atoms with van der Waals surface area (Å²) in [7, 11) is 2.13. The van der Waals surface area contributed by atoms with Gasteiger partial charge < -0.3 is 5.73 Å². The van der Waals surface area contributed by atoms with E-state index in [1.165, 1.54) is 44.1 Å². The average molecular weight is 361 g/mol. The third-order valence-electron chi connectivity index (χ3n) is 5.43. The van der Waals surface area contributed by atoms with Crippen molar-refractivity contribution in [1.29, 1.82) is 0 Å². The summed E-state index contributed by atoms with van der Waals surface area (Å²) >= 11 is 0. The van der Waals surface area contributed by atoms with Crippen molar-refractivity contribution < 1.29 is 4.57 Å². The van der Waals surface area contributed by atoms with E-state index in [4.69, 9.17) is 5.73 Å². The highest BCUT2D eigenvalue weighted by Crippen LogP contribution is 2.33. The van der Waals surface area contributed by atoms with Gasteiger partial charge in [0.25, 0.3) is 0 Å². The molecule has 0 bridgehead atoms. The molecule has 0 amide bonds. The molecule has 0 fully saturated rings. The number of pyridine rings is 1. The molecule has 5 aromatic rings. The zero-order chi connectivity index (χ0) is 19.1. The summed E-state index contributed by atoms with van der Waals surface area (Å²) in [6, 6.07) is 34.0. The SMILES string of the molecule is C[n+]1c(-c2cccc(-c3ccccc3)c2)c2cc(N)ccc2c2ccccc21. The van der Waals surface area contributed by atoms with Crippen LogP contribution in [0.15, 0.2) is 97.1 Å². The van der Waals surface area contributed by atoms with E-state index in [1.54, 1.807) is 0 Å². The van der Waals surface area contributed by atoms with E-state index in [1.807, 2.05) is 12.1 Å². The Kier molecular flexibility index (Phi) is 3.84. The molecule has 134 valence electrons. The molecule has 2 nitrogen and oxygen atoms in total. The van der Waals surface area contributed by atoms with E-state index >= 15 is 0 Å². The van der Waals surface area contributed by atoms with Crippen LogP contribution in [0.2, 0.25) is 0 Å². The highest BCUT2D eigenvalue weighted by atomic mass is 14.9. The van der Waals surface area contributed by atoms with Gasteiger partial charge in [0.2, 0.25) is 11.2 Å². The second-order valence-corrected chi connectivity index (χ2v) is 7.18. The van der Waals surface area contributed by atoms with Crippen LogP contribution in [-0.2, 0) is 7.05 Å². The second-order valence-electron chi connectivity index (χ2n) is 7.18. The number of rotatable bonds is 2.